The Morgan fingerprint density at radius 1 is 1.18 bits per heavy atom. The first-order valence-electron chi connectivity index (χ1n) is 9.06. The number of hydrogen-bond donors (Lipinski definition) is 0. The molecule has 0 aliphatic carbocycles. The van der Waals surface area contributed by atoms with Crippen LogP contribution in [0.3, 0.4) is 0 Å². The van der Waals surface area contributed by atoms with Crippen LogP contribution in [0.5, 0.6) is 0 Å². The lowest BCUT2D eigenvalue weighted by molar-refractivity contribution is -0.142. The van der Waals surface area contributed by atoms with Crippen molar-refractivity contribution in [1.82, 2.24) is 23.2 Å². The average Bonchev–Trinajstić information content (AvgIpc) is 3.03. The summed E-state index contributed by atoms with van der Waals surface area (Å²) < 4.78 is 68.4. The minimum Gasteiger partial charge on any atom is -0.233 e. The number of nitrogens with zero attached hydrogens (tertiary/aromatic N) is 5. The Balaban J connectivity index is 1.91. The van der Waals surface area contributed by atoms with Crippen molar-refractivity contribution >= 4 is 15.9 Å². The number of aromatic nitrogens is 3. The van der Waals surface area contributed by atoms with Gasteiger partial charge >= 0.3 is 6.18 Å². The third-order valence-corrected chi connectivity index (χ3v) is 6.95. The molecule has 156 valence electrons. The fourth-order valence-electron chi connectivity index (χ4n) is 3.32. The van der Waals surface area contributed by atoms with Crippen LogP contribution in [0.25, 0.3) is 5.65 Å². The molecule has 0 amide bonds. The Labute approximate surface area is 162 Å². The van der Waals surface area contributed by atoms with Gasteiger partial charge in [0.25, 0.3) is 10.2 Å². The second kappa shape index (κ2) is 7.27. The van der Waals surface area contributed by atoms with Crippen molar-refractivity contribution in [2.24, 2.45) is 0 Å². The lowest BCUT2D eigenvalue weighted by Gasteiger charge is -2.32. The maximum absolute atomic E-state index is 13.5. The van der Waals surface area contributed by atoms with E-state index < -0.39 is 22.1 Å². The predicted octanol–water partition coefficient (Wildman–Crippen LogP) is 2.86. The summed E-state index contributed by atoms with van der Waals surface area (Å²) in [7, 11) is -0.547. The molecular formula is C17H24F3N5O2S. The van der Waals surface area contributed by atoms with Crippen LogP contribution >= 0.6 is 0 Å². The molecule has 0 atom stereocenters. The number of hydrogen-bond acceptors (Lipinski definition) is 4. The van der Waals surface area contributed by atoms with Gasteiger partial charge in [0.05, 0.1) is 5.69 Å². The van der Waals surface area contributed by atoms with Crippen LogP contribution in [0.4, 0.5) is 13.2 Å². The summed E-state index contributed by atoms with van der Waals surface area (Å²) in [4.78, 5) is 4.33. The van der Waals surface area contributed by atoms with Crippen molar-refractivity contribution < 1.29 is 21.6 Å². The number of fused-ring (bicyclic) bond motifs is 1. The van der Waals surface area contributed by atoms with E-state index in [0.717, 1.165) is 14.9 Å². The molecule has 1 aliphatic heterocycles. The van der Waals surface area contributed by atoms with Gasteiger partial charge in [-0.05, 0) is 24.8 Å². The third-order valence-electron chi connectivity index (χ3n) is 5.01. The van der Waals surface area contributed by atoms with Crippen LogP contribution in [-0.4, -0.2) is 58.8 Å². The maximum Gasteiger partial charge on any atom is 0.433 e. The van der Waals surface area contributed by atoms with Crippen LogP contribution in [-0.2, 0) is 16.4 Å². The summed E-state index contributed by atoms with van der Waals surface area (Å²) in [5.41, 5.74) is 0.191. The van der Waals surface area contributed by atoms with Crippen LogP contribution in [0, 0.1) is 0 Å². The maximum atomic E-state index is 13.5. The molecule has 0 aromatic carbocycles. The summed E-state index contributed by atoms with van der Waals surface area (Å²) in [6, 6.07) is 2.63. The normalized spacial score (nSPS) is 17.9. The van der Waals surface area contributed by atoms with Crippen molar-refractivity contribution in [2.45, 2.75) is 44.7 Å². The molecule has 0 unspecified atom stereocenters. The fraction of sp³-hybridized carbons (Fsp3) is 0.647. The largest absolute Gasteiger partial charge is 0.433 e. The molecular weight excluding hydrogens is 395 g/mol. The zero-order chi connectivity index (χ0) is 20.9. The molecule has 0 saturated carbocycles. The molecule has 1 fully saturated rings. The molecule has 0 radical (unpaired) electrons. The molecule has 3 rings (SSSR count). The molecule has 3 heterocycles. The number of halogens is 3. The van der Waals surface area contributed by atoms with E-state index in [0.29, 0.717) is 37.3 Å². The summed E-state index contributed by atoms with van der Waals surface area (Å²) in [6.07, 6.45) is -3.55. The van der Waals surface area contributed by atoms with Crippen molar-refractivity contribution in [2.75, 3.05) is 27.2 Å². The van der Waals surface area contributed by atoms with Gasteiger partial charge in [-0.15, -0.1) is 0 Å². The summed E-state index contributed by atoms with van der Waals surface area (Å²) in [5.74, 6) is -0.261. The predicted molar refractivity (Wildman–Crippen MR) is 98.2 cm³/mol. The van der Waals surface area contributed by atoms with Gasteiger partial charge in [-0.3, -0.25) is 0 Å². The Hall–Kier alpha value is -1.72. The fourth-order valence-corrected chi connectivity index (χ4v) is 4.46. The molecule has 7 nitrogen and oxygen atoms in total. The zero-order valence-corrected chi connectivity index (χ0v) is 17.0. The highest BCUT2D eigenvalue weighted by atomic mass is 32.2. The van der Waals surface area contributed by atoms with Gasteiger partial charge in [0.2, 0.25) is 0 Å². The first-order valence-corrected chi connectivity index (χ1v) is 10.5. The summed E-state index contributed by atoms with van der Waals surface area (Å²) in [5, 5.41) is 4.18. The van der Waals surface area contributed by atoms with E-state index in [2.05, 4.69) is 10.1 Å². The van der Waals surface area contributed by atoms with Crippen molar-refractivity contribution in [3.05, 3.63) is 29.2 Å². The number of piperidine rings is 1. The van der Waals surface area contributed by atoms with E-state index in [1.165, 1.54) is 18.4 Å². The highest BCUT2D eigenvalue weighted by Crippen LogP contribution is 2.34. The standard InChI is InChI=1S/C17H24F3N5O2S/c1-11(2)13-9-15(17(18,19)20)25-16(21-13)10-14(22-25)12-5-7-24(8-6-12)28(26,27)23(3)4/h9-12H,5-8H2,1-4H3. The zero-order valence-electron chi connectivity index (χ0n) is 16.2. The van der Waals surface area contributed by atoms with E-state index in [1.807, 2.05) is 0 Å². The van der Waals surface area contributed by atoms with Gasteiger partial charge < -0.3 is 0 Å². The molecule has 0 spiro atoms. The molecule has 0 N–H and O–H groups in total. The highest BCUT2D eigenvalue weighted by Gasteiger charge is 2.36. The molecule has 28 heavy (non-hydrogen) atoms. The minimum atomic E-state index is -4.54. The van der Waals surface area contributed by atoms with E-state index in [-0.39, 0.29) is 17.5 Å². The van der Waals surface area contributed by atoms with Crippen molar-refractivity contribution in [3.63, 3.8) is 0 Å². The van der Waals surface area contributed by atoms with Crippen LogP contribution in [0.2, 0.25) is 0 Å². The van der Waals surface area contributed by atoms with Gasteiger partial charge in [-0.25, -0.2) is 9.50 Å². The average molecular weight is 419 g/mol. The highest BCUT2D eigenvalue weighted by molar-refractivity contribution is 7.86. The minimum absolute atomic E-state index is 0.112. The van der Waals surface area contributed by atoms with Crippen LogP contribution in [0.1, 0.15) is 55.6 Å². The van der Waals surface area contributed by atoms with Gasteiger partial charge in [0.15, 0.2) is 5.65 Å². The van der Waals surface area contributed by atoms with E-state index in [1.54, 1.807) is 19.9 Å². The Morgan fingerprint density at radius 3 is 2.29 bits per heavy atom. The van der Waals surface area contributed by atoms with Crippen LogP contribution in [0.15, 0.2) is 12.1 Å². The Bertz CT molecular complexity index is 961. The smallest absolute Gasteiger partial charge is 0.233 e. The van der Waals surface area contributed by atoms with Crippen LogP contribution < -0.4 is 0 Å². The second-order valence-corrected chi connectivity index (χ2v) is 9.66. The third kappa shape index (κ3) is 3.87. The molecule has 2 aromatic rings. The summed E-state index contributed by atoms with van der Waals surface area (Å²) in [6.45, 7) is 4.18. The Morgan fingerprint density at radius 2 is 1.79 bits per heavy atom. The molecule has 1 aliphatic rings. The molecule has 11 heteroatoms. The topological polar surface area (TPSA) is 70.8 Å². The van der Waals surface area contributed by atoms with E-state index in [9.17, 15) is 21.6 Å². The number of alkyl halides is 3. The second-order valence-electron chi connectivity index (χ2n) is 7.52. The monoisotopic (exact) mass is 419 g/mol. The molecule has 2 aromatic heterocycles. The van der Waals surface area contributed by atoms with E-state index in [4.69, 9.17) is 0 Å². The SMILES string of the molecule is CC(C)c1cc(C(F)(F)F)n2nc(C3CCN(S(=O)(=O)N(C)C)CC3)cc2n1. The van der Waals surface area contributed by atoms with Crippen molar-refractivity contribution in [3.8, 4) is 0 Å². The lowest BCUT2D eigenvalue weighted by atomic mass is 9.95. The number of rotatable bonds is 4. The first kappa shape index (κ1) is 21.0. The van der Waals surface area contributed by atoms with Gasteiger partial charge in [-0.2, -0.15) is 35.3 Å². The van der Waals surface area contributed by atoms with E-state index >= 15 is 0 Å². The van der Waals surface area contributed by atoms with Gasteiger partial charge in [-0.1, -0.05) is 13.8 Å². The first-order chi connectivity index (χ1) is 12.9. The van der Waals surface area contributed by atoms with Gasteiger partial charge in [0, 0.05) is 44.9 Å². The van der Waals surface area contributed by atoms with Crippen molar-refractivity contribution in [1.29, 1.82) is 0 Å². The summed E-state index contributed by atoms with van der Waals surface area (Å²) >= 11 is 0. The van der Waals surface area contributed by atoms with Gasteiger partial charge in [0.1, 0.15) is 5.69 Å². The molecule has 0 bridgehead atoms. The molecule has 1 saturated heterocycles. The Kier molecular flexibility index (Phi) is 5.45. The lowest BCUT2D eigenvalue weighted by Crippen LogP contribution is -2.44. The quantitative estimate of drug-likeness (QED) is 0.764.